The van der Waals surface area contributed by atoms with Crippen LogP contribution in [0, 0.1) is 13.8 Å². The Bertz CT molecular complexity index is 1400. The standard InChI is InChI=1S/C26H30N4O6S2/c1-5-35-23-7-11-25(12-8-23)37(31,32)29-27-17-21-15-20(4)22(16-19(21)3)18-28-30-38(33,34)26-13-9-24(10-14-26)36-6-2/h7-18,29-30H,5-6H2,1-4H3/b27-17+,28-18+. The Hall–Kier alpha value is -3.90. The molecule has 0 bridgehead atoms. The monoisotopic (exact) mass is 558 g/mol. The number of nitrogens with one attached hydrogen (secondary N) is 2. The summed E-state index contributed by atoms with van der Waals surface area (Å²) in [5, 5.41) is 7.79. The molecule has 0 atom stereocenters. The van der Waals surface area contributed by atoms with Crippen LogP contribution in [0.2, 0.25) is 0 Å². The van der Waals surface area contributed by atoms with E-state index in [1.807, 2.05) is 27.7 Å². The van der Waals surface area contributed by atoms with Crippen LogP contribution in [0.3, 0.4) is 0 Å². The summed E-state index contributed by atoms with van der Waals surface area (Å²) < 4.78 is 60.7. The number of ether oxygens (including phenoxy) is 2. The highest BCUT2D eigenvalue weighted by Gasteiger charge is 2.14. The van der Waals surface area contributed by atoms with Crippen LogP contribution in [0.1, 0.15) is 36.1 Å². The second kappa shape index (κ2) is 12.6. The van der Waals surface area contributed by atoms with Crippen molar-refractivity contribution >= 4 is 32.5 Å². The fraction of sp³-hybridized carbons (Fsp3) is 0.231. The summed E-state index contributed by atoms with van der Waals surface area (Å²) in [7, 11) is -7.69. The molecule has 0 fully saturated rings. The van der Waals surface area contributed by atoms with Crippen molar-refractivity contribution in [3.8, 4) is 11.5 Å². The zero-order chi connectivity index (χ0) is 27.8. The molecular weight excluding hydrogens is 528 g/mol. The SMILES string of the molecule is CCOc1ccc(S(=O)(=O)N/N=C/c2cc(C)c(/C=N/NS(=O)(=O)c3ccc(OCC)cc3)cc2C)cc1. The first kappa shape index (κ1) is 28.7. The molecule has 0 amide bonds. The molecule has 0 heterocycles. The molecule has 0 aromatic heterocycles. The van der Waals surface area contributed by atoms with Gasteiger partial charge in [0.2, 0.25) is 0 Å². The maximum Gasteiger partial charge on any atom is 0.276 e. The summed E-state index contributed by atoms with van der Waals surface area (Å²) in [6.45, 7) is 8.30. The van der Waals surface area contributed by atoms with E-state index in [-0.39, 0.29) is 9.79 Å². The molecule has 0 aliphatic carbocycles. The topological polar surface area (TPSA) is 136 Å². The molecule has 0 aliphatic heterocycles. The lowest BCUT2D eigenvalue weighted by atomic mass is 10.0. The van der Waals surface area contributed by atoms with Crippen molar-refractivity contribution in [2.45, 2.75) is 37.5 Å². The average molecular weight is 559 g/mol. The minimum atomic E-state index is -3.84. The minimum absolute atomic E-state index is 0.0604. The Balaban J connectivity index is 1.66. The molecule has 3 aromatic carbocycles. The number of benzene rings is 3. The van der Waals surface area contributed by atoms with E-state index in [0.29, 0.717) is 35.8 Å². The molecule has 10 nitrogen and oxygen atoms in total. The normalized spacial score (nSPS) is 12.1. The summed E-state index contributed by atoms with van der Waals surface area (Å²) in [6, 6.07) is 15.7. The average Bonchev–Trinajstić information content (AvgIpc) is 2.87. The third-order valence-corrected chi connectivity index (χ3v) is 7.77. The first-order chi connectivity index (χ1) is 18.1. The zero-order valence-corrected chi connectivity index (χ0v) is 23.1. The van der Waals surface area contributed by atoms with Crippen molar-refractivity contribution in [3.63, 3.8) is 0 Å². The number of hydrogen-bond donors (Lipinski definition) is 2. The second-order valence-electron chi connectivity index (χ2n) is 8.08. The zero-order valence-electron chi connectivity index (χ0n) is 21.5. The molecule has 3 aromatic rings. The van der Waals surface area contributed by atoms with E-state index < -0.39 is 20.0 Å². The van der Waals surface area contributed by atoms with E-state index in [4.69, 9.17) is 9.47 Å². The Kier molecular flexibility index (Phi) is 9.48. The van der Waals surface area contributed by atoms with Gasteiger partial charge in [0.05, 0.1) is 35.4 Å². The van der Waals surface area contributed by atoms with E-state index in [0.717, 1.165) is 11.1 Å². The van der Waals surface area contributed by atoms with Gasteiger partial charge in [-0.1, -0.05) is 0 Å². The van der Waals surface area contributed by atoms with E-state index >= 15 is 0 Å². The van der Waals surface area contributed by atoms with Crippen LogP contribution in [0.15, 0.2) is 80.7 Å². The Labute approximate surface area is 223 Å². The number of sulfonamides is 2. The molecule has 202 valence electrons. The van der Waals surface area contributed by atoms with Gasteiger partial charge in [-0.05, 0) is 111 Å². The highest BCUT2D eigenvalue weighted by molar-refractivity contribution is 7.89. The smallest absolute Gasteiger partial charge is 0.276 e. The van der Waals surface area contributed by atoms with Gasteiger partial charge in [0.25, 0.3) is 20.0 Å². The number of nitrogens with zero attached hydrogens (tertiary/aromatic N) is 2. The van der Waals surface area contributed by atoms with Gasteiger partial charge in [-0.25, -0.2) is 9.66 Å². The molecule has 0 spiro atoms. The van der Waals surface area contributed by atoms with Crippen LogP contribution in [0.5, 0.6) is 11.5 Å². The molecule has 0 aliphatic rings. The van der Waals surface area contributed by atoms with E-state index in [9.17, 15) is 16.8 Å². The lowest BCUT2D eigenvalue weighted by molar-refractivity contribution is 0.340. The van der Waals surface area contributed by atoms with Gasteiger partial charge < -0.3 is 9.47 Å². The number of hydrazone groups is 2. The molecule has 0 radical (unpaired) electrons. The minimum Gasteiger partial charge on any atom is -0.494 e. The molecular formula is C26H30N4O6S2. The van der Waals surface area contributed by atoms with E-state index in [2.05, 4.69) is 19.9 Å². The summed E-state index contributed by atoms with van der Waals surface area (Å²) in [6.07, 6.45) is 2.81. The number of hydrogen-bond acceptors (Lipinski definition) is 8. The fourth-order valence-corrected chi connectivity index (χ4v) is 4.92. The lowest BCUT2D eigenvalue weighted by Crippen LogP contribution is -2.18. The van der Waals surface area contributed by atoms with Gasteiger partial charge >= 0.3 is 0 Å². The van der Waals surface area contributed by atoms with Crippen molar-refractivity contribution in [2.24, 2.45) is 10.2 Å². The Morgan fingerprint density at radius 2 is 1.00 bits per heavy atom. The maximum atomic E-state index is 12.5. The molecule has 2 N–H and O–H groups in total. The number of aryl methyl sites for hydroxylation is 2. The molecule has 38 heavy (non-hydrogen) atoms. The molecule has 12 heteroatoms. The summed E-state index contributed by atoms with van der Waals surface area (Å²) in [4.78, 5) is 4.53. The fourth-order valence-electron chi connectivity index (χ4n) is 3.34. The molecule has 0 saturated heterocycles. The van der Waals surface area contributed by atoms with E-state index in [1.54, 1.807) is 36.4 Å². The van der Waals surface area contributed by atoms with Crippen molar-refractivity contribution in [1.82, 2.24) is 9.66 Å². The highest BCUT2D eigenvalue weighted by Crippen LogP contribution is 2.18. The van der Waals surface area contributed by atoms with Crippen LogP contribution in [0.25, 0.3) is 0 Å². The van der Waals surface area contributed by atoms with Crippen molar-refractivity contribution in [2.75, 3.05) is 13.2 Å². The van der Waals surface area contributed by atoms with Gasteiger partial charge in [0.15, 0.2) is 0 Å². The summed E-state index contributed by atoms with van der Waals surface area (Å²) in [5.74, 6) is 1.15. The predicted molar refractivity (Wildman–Crippen MR) is 147 cm³/mol. The third kappa shape index (κ3) is 7.56. The van der Waals surface area contributed by atoms with Crippen LogP contribution < -0.4 is 19.1 Å². The van der Waals surface area contributed by atoms with Crippen LogP contribution >= 0.6 is 0 Å². The van der Waals surface area contributed by atoms with E-state index in [1.165, 1.54) is 36.7 Å². The first-order valence-corrected chi connectivity index (χ1v) is 14.7. The van der Waals surface area contributed by atoms with Gasteiger partial charge in [-0.2, -0.15) is 27.0 Å². The Morgan fingerprint density at radius 1 is 0.658 bits per heavy atom. The maximum absolute atomic E-state index is 12.5. The third-order valence-electron chi connectivity index (χ3n) is 5.30. The second-order valence-corrected chi connectivity index (χ2v) is 11.4. The first-order valence-electron chi connectivity index (χ1n) is 11.7. The predicted octanol–water partition coefficient (Wildman–Crippen LogP) is 3.73. The molecule has 0 saturated carbocycles. The molecule has 3 rings (SSSR count). The van der Waals surface area contributed by atoms with Crippen molar-refractivity contribution in [3.05, 3.63) is 82.9 Å². The van der Waals surface area contributed by atoms with Gasteiger partial charge in [-0.15, -0.1) is 0 Å². The summed E-state index contributed by atoms with van der Waals surface area (Å²) in [5.41, 5.74) is 2.94. The highest BCUT2D eigenvalue weighted by atomic mass is 32.2. The number of rotatable bonds is 12. The van der Waals surface area contributed by atoms with Gasteiger partial charge in [0.1, 0.15) is 11.5 Å². The van der Waals surface area contributed by atoms with Gasteiger partial charge in [0, 0.05) is 0 Å². The largest absolute Gasteiger partial charge is 0.494 e. The lowest BCUT2D eigenvalue weighted by Gasteiger charge is -2.08. The van der Waals surface area contributed by atoms with Crippen molar-refractivity contribution in [1.29, 1.82) is 0 Å². The van der Waals surface area contributed by atoms with Crippen LogP contribution in [-0.4, -0.2) is 42.5 Å². The van der Waals surface area contributed by atoms with Crippen molar-refractivity contribution < 1.29 is 26.3 Å². The van der Waals surface area contributed by atoms with Crippen LogP contribution in [-0.2, 0) is 20.0 Å². The summed E-state index contributed by atoms with van der Waals surface area (Å²) >= 11 is 0. The quantitative estimate of drug-likeness (QED) is 0.257. The molecule has 0 unspecified atom stereocenters. The Morgan fingerprint density at radius 3 is 1.32 bits per heavy atom. The van der Waals surface area contributed by atoms with Gasteiger partial charge in [-0.3, -0.25) is 0 Å². The van der Waals surface area contributed by atoms with Crippen LogP contribution in [0.4, 0.5) is 0 Å².